The molecular formula is C16H28N8O8. The molecule has 4 amide bonds. The van der Waals surface area contributed by atoms with Crippen LogP contribution in [0.25, 0.3) is 0 Å². The quantitative estimate of drug-likeness (QED) is 0.0632. The lowest BCUT2D eigenvalue weighted by Crippen LogP contribution is -2.57. The molecule has 0 rings (SSSR count). The van der Waals surface area contributed by atoms with Gasteiger partial charge in [0.2, 0.25) is 23.6 Å². The number of carboxylic acid groups (broad SMARTS) is 2. The molecule has 16 nitrogen and oxygen atoms in total. The number of aliphatic carboxylic acids is 2. The normalized spacial score (nSPS) is 13.0. The van der Waals surface area contributed by atoms with Crippen LogP contribution in [-0.2, 0) is 28.8 Å². The summed E-state index contributed by atoms with van der Waals surface area (Å²) >= 11 is 0. The van der Waals surface area contributed by atoms with Gasteiger partial charge in [-0.25, -0.2) is 4.79 Å². The van der Waals surface area contributed by atoms with E-state index in [1.807, 2.05) is 5.32 Å². The third kappa shape index (κ3) is 11.9. The molecule has 0 spiro atoms. The maximum Gasteiger partial charge on any atom is 0.326 e. The van der Waals surface area contributed by atoms with Crippen molar-refractivity contribution in [2.24, 2.45) is 27.9 Å². The minimum atomic E-state index is -1.82. The second-order valence-electron chi connectivity index (χ2n) is 6.50. The molecule has 32 heavy (non-hydrogen) atoms. The Labute approximate surface area is 182 Å². The van der Waals surface area contributed by atoms with Crippen molar-refractivity contribution in [2.45, 2.75) is 43.8 Å². The second kappa shape index (κ2) is 14.1. The molecule has 16 heteroatoms. The van der Waals surface area contributed by atoms with Gasteiger partial charge >= 0.3 is 11.9 Å². The van der Waals surface area contributed by atoms with E-state index in [2.05, 4.69) is 15.6 Å². The molecule has 0 aromatic heterocycles. The number of nitrogens with zero attached hydrogens (tertiary/aromatic N) is 1. The zero-order valence-electron chi connectivity index (χ0n) is 17.1. The van der Waals surface area contributed by atoms with Gasteiger partial charge in [0, 0.05) is 6.54 Å². The van der Waals surface area contributed by atoms with Gasteiger partial charge < -0.3 is 49.1 Å². The van der Waals surface area contributed by atoms with Gasteiger partial charge in [0.05, 0.1) is 19.4 Å². The predicted molar refractivity (Wildman–Crippen MR) is 108 cm³/mol. The molecule has 0 aliphatic rings. The largest absolute Gasteiger partial charge is 0.481 e. The summed E-state index contributed by atoms with van der Waals surface area (Å²) < 4.78 is 0. The highest BCUT2D eigenvalue weighted by atomic mass is 16.4. The van der Waals surface area contributed by atoms with Crippen LogP contribution >= 0.6 is 0 Å². The molecule has 3 atom stereocenters. The highest BCUT2D eigenvalue weighted by Crippen LogP contribution is 2.03. The van der Waals surface area contributed by atoms with E-state index in [-0.39, 0.29) is 25.3 Å². The number of carbonyl (C=O) groups is 6. The topological polar surface area (TPSA) is 295 Å². The lowest BCUT2D eigenvalue weighted by atomic mass is 10.1. The molecule has 0 radical (unpaired) electrons. The van der Waals surface area contributed by atoms with E-state index in [1.54, 1.807) is 0 Å². The summed E-state index contributed by atoms with van der Waals surface area (Å²) in [6.07, 6.45) is -1.40. The molecule has 0 aliphatic heterocycles. The zero-order valence-corrected chi connectivity index (χ0v) is 17.1. The summed E-state index contributed by atoms with van der Waals surface area (Å²) in [6, 6.07) is -4.65. The molecule has 0 aliphatic carbocycles. The van der Waals surface area contributed by atoms with Crippen LogP contribution in [-0.4, -0.2) is 83.0 Å². The Hall–Kier alpha value is -3.95. The van der Waals surface area contributed by atoms with Gasteiger partial charge in [-0.1, -0.05) is 0 Å². The van der Waals surface area contributed by atoms with Gasteiger partial charge in [0.1, 0.15) is 18.1 Å². The fourth-order valence-electron chi connectivity index (χ4n) is 2.36. The smallest absolute Gasteiger partial charge is 0.326 e. The first-order valence-corrected chi connectivity index (χ1v) is 9.25. The van der Waals surface area contributed by atoms with E-state index < -0.39 is 73.1 Å². The van der Waals surface area contributed by atoms with Crippen LogP contribution in [0.15, 0.2) is 4.99 Å². The highest BCUT2D eigenvalue weighted by Gasteiger charge is 2.31. The third-order valence-electron chi connectivity index (χ3n) is 3.81. The number of nitrogens with one attached hydrogen (secondary N) is 3. The SMILES string of the molecule is NCC(=O)NC(CCCN=C(N)N)C(=O)NC(CC(N)=O)C(=O)NC(CC(=O)O)C(=O)O. The minimum absolute atomic E-state index is 0.0238. The van der Waals surface area contributed by atoms with Crippen molar-refractivity contribution < 1.29 is 39.0 Å². The van der Waals surface area contributed by atoms with Gasteiger partial charge in [-0.2, -0.15) is 0 Å². The number of amides is 4. The number of hydrogen-bond donors (Lipinski definition) is 9. The third-order valence-corrected chi connectivity index (χ3v) is 3.81. The monoisotopic (exact) mass is 460 g/mol. The standard InChI is InChI=1S/C16H28N8O8/c17-6-11(26)22-7(2-1-3-21-16(19)20)13(29)23-8(4-10(18)25)14(30)24-9(15(31)32)5-12(27)28/h7-9H,1-6,17H2,(H2,18,25)(H,22,26)(H,23,29)(H,24,30)(H,27,28)(H,31,32)(H4,19,20,21). The van der Waals surface area contributed by atoms with Crippen molar-refractivity contribution in [3.8, 4) is 0 Å². The van der Waals surface area contributed by atoms with E-state index in [9.17, 15) is 28.8 Å². The van der Waals surface area contributed by atoms with Crippen molar-refractivity contribution in [2.75, 3.05) is 13.1 Å². The van der Waals surface area contributed by atoms with E-state index in [0.29, 0.717) is 0 Å². The fraction of sp³-hybridized carbons (Fsp3) is 0.562. The van der Waals surface area contributed by atoms with Crippen LogP contribution in [0, 0.1) is 0 Å². The number of carbonyl (C=O) groups excluding carboxylic acids is 4. The molecule has 13 N–H and O–H groups in total. The van der Waals surface area contributed by atoms with Crippen molar-refractivity contribution in [1.29, 1.82) is 0 Å². The van der Waals surface area contributed by atoms with Crippen LogP contribution < -0.4 is 38.9 Å². The zero-order chi connectivity index (χ0) is 24.8. The number of primary amides is 1. The van der Waals surface area contributed by atoms with Crippen LogP contribution in [0.5, 0.6) is 0 Å². The molecule has 0 fully saturated rings. The Morgan fingerprint density at radius 2 is 1.38 bits per heavy atom. The van der Waals surface area contributed by atoms with Crippen LogP contribution in [0.4, 0.5) is 0 Å². The highest BCUT2D eigenvalue weighted by molar-refractivity contribution is 5.96. The van der Waals surface area contributed by atoms with Crippen molar-refractivity contribution in [3.63, 3.8) is 0 Å². The maximum absolute atomic E-state index is 12.6. The number of hydrogen-bond acceptors (Lipinski definition) is 8. The summed E-state index contributed by atoms with van der Waals surface area (Å²) in [5.74, 6) is -7.07. The average Bonchev–Trinajstić information content (AvgIpc) is 2.67. The van der Waals surface area contributed by atoms with Crippen LogP contribution in [0.1, 0.15) is 25.7 Å². The molecular weight excluding hydrogens is 432 g/mol. The van der Waals surface area contributed by atoms with Crippen LogP contribution in [0.2, 0.25) is 0 Å². The van der Waals surface area contributed by atoms with Crippen LogP contribution in [0.3, 0.4) is 0 Å². The number of guanidine groups is 1. The number of aliphatic imine (C=N–C) groups is 1. The average molecular weight is 460 g/mol. The Morgan fingerprint density at radius 3 is 1.84 bits per heavy atom. The Morgan fingerprint density at radius 1 is 0.812 bits per heavy atom. The van der Waals surface area contributed by atoms with Crippen molar-refractivity contribution in [3.05, 3.63) is 0 Å². The lowest BCUT2D eigenvalue weighted by molar-refractivity contribution is -0.147. The number of rotatable bonds is 15. The summed E-state index contributed by atoms with van der Waals surface area (Å²) in [7, 11) is 0. The van der Waals surface area contributed by atoms with Crippen molar-refractivity contribution in [1.82, 2.24) is 16.0 Å². The molecule has 0 heterocycles. The van der Waals surface area contributed by atoms with E-state index in [1.165, 1.54) is 0 Å². The minimum Gasteiger partial charge on any atom is -0.481 e. The van der Waals surface area contributed by atoms with Gasteiger partial charge in [-0.3, -0.25) is 29.0 Å². The summed E-state index contributed by atoms with van der Waals surface area (Å²) in [5.41, 5.74) is 20.7. The van der Waals surface area contributed by atoms with Gasteiger partial charge in [0.25, 0.3) is 0 Å². The molecule has 0 saturated heterocycles. The van der Waals surface area contributed by atoms with Gasteiger partial charge in [-0.05, 0) is 12.8 Å². The first-order valence-electron chi connectivity index (χ1n) is 9.25. The van der Waals surface area contributed by atoms with E-state index in [0.717, 1.165) is 0 Å². The molecule has 0 aromatic rings. The first-order chi connectivity index (χ1) is 14.9. The van der Waals surface area contributed by atoms with E-state index in [4.69, 9.17) is 33.1 Å². The summed E-state index contributed by atoms with van der Waals surface area (Å²) in [6.45, 7) is -0.302. The Bertz CT molecular complexity index is 752. The Balaban J connectivity index is 5.42. The number of carboxylic acids is 2. The summed E-state index contributed by atoms with van der Waals surface area (Å²) in [5, 5.41) is 24.2. The molecule has 0 aromatic carbocycles. The molecule has 0 bridgehead atoms. The van der Waals surface area contributed by atoms with E-state index >= 15 is 0 Å². The number of nitrogens with two attached hydrogens (primary N) is 4. The molecule has 3 unspecified atom stereocenters. The lowest BCUT2D eigenvalue weighted by Gasteiger charge is -2.23. The summed E-state index contributed by atoms with van der Waals surface area (Å²) in [4.78, 5) is 73.6. The van der Waals surface area contributed by atoms with Crippen molar-refractivity contribution >= 4 is 41.5 Å². The molecule has 180 valence electrons. The molecule has 0 saturated carbocycles. The maximum atomic E-state index is 12.6. The predicted octanol–water partition coefficient (Wildman–Crippen LogP) is -5.11. The van der Waals surface area contributed by atoms with Gasteiger partial charge in [-0.15, -0.1) is 0 Å². The second-order valence-corrected chi connectivity index (χ2v) is 6.50. The van der Waals surface area contributed by atoms with Gasteiger partial charge in [0.15, 0.2) is 5.96 Å². The Kier molecular flexibility index (Phi) is 12.4. The first kappa shape index (κ1) is 28.0. The fourth-order valence-corrected chi connectivity index (χ4v) is 2.36.